The van der Waals surface area contributed by atoms with Crippen molar-refractivity contribution in [2.75, 3.05) is 33.7 Å². The largest absolute Gasteiger partial charge is 0.335 e. The van der Waals surface area contributed by atoms with Crippen molar-refractivity contribution in [2.24, 2.45) is 0 Å². The van der Waals surface area contributed by atoms with Gasteiger partial charge >= 0.3 is 0 Å². The third-order valence-corrected chi connectivity index (χ3v) is 3.18. The summed E-state index contributed by atoms with van der Waals surface area (Å²) in [7, 11) is 4.45. The Labute approximate surface area is 99.9 Å². The first-order chi connectivity index (χ1) is 7.63. The summed E-state index contributed by atoms with van der Waals surface area (Å²) in [6, 6.07) is 8.73. The summed E-state index contributed by atoms with van der Waals surface area (Å²) in [5, 5.41) is 0. The molecule has 0 spiro atoms. The summed E-state index contributed by atoms with van der Waals surface area (Å²) in [4.78, 5) is 3.21. The lowest BCUT2D eigenvalue weighted by Crippen LogP contribution is -3.17. The third-order valence-electron chi connectivity index (χ3n) is 3.18. The van der Waals surface area contributed by atoms with Gasteiger partial charge in [-0.25, -0.2) is 0 Å². The van der Waals surface area contributed by atoms with Gasteiger partial charge in [0.25, 0.3) is 0 Å². The van der Waals surface area contributed by atoms with Crippen molar-refractivity contribution >= 4 is 0 Å². The van der Waals surface area contributed by atoms with Crippen LogP contribution in [0.3, 0.4) is 0 Å². The molecule has 1 atom stereocenters. The molecule has 1 aromatic rings. The Kier molecular flexibility index (Phi) is 5.50. The van der Waals surface area contributed by atoms with Crippen LogP contribution in [-0.4, -0.2) is 33.7 Å². The molecule has 0 aliphatic rings. The van der Waals surface area contributed by atoms with Crippen LogP contribution in [0.15, 0.2) is 24.3 Å². The Hall–Kier alpha value is -0.860. The van der Waals surface area contributed by atoms with Crippen molar-refractivity contribution in [1.82, 2.24) is 0 Å². The Bertz CT molecular complexity index is 307. The molecule has 1 rings (SSSR count). The molecule has 0 aliphatic carbocycles. The zero-order valence-corrected chi connectivity index (χ0v) is 11.1. The highest BCUT2D eigenvalue weighted by molar-refractivity contribution is 5.24. The molecule has 0 saturated carbocycles. The van der Waals surface area contributed by atoms with E-state index in [0.717, 1.165) is 6.54 Å². The van der Waals surface area contributed by atoms with Crippen molar-refractivity contribution in [1.29, 1.82) is 0 Å². The molecule has 0 radical (unpaired) electrons. The zero-order valence-electron chi connectivity index (χ0n) is 11.1. The number of rotatable bonds is 6. The third kappa shape index (κ3) is 4.33. The van der Waals surface area contributed by atoms with E-state index in [-0.39, 0.29) is 0 Å². The summed E-state index contributed by atoms with van der Waals surface area (Å²) in [6.45, 7) is 9.36. The van der Waals surface area contributed by atoms with Gasteiger partial charge in [0.1, 0.15) is 19.6 Å². The molecule has 2 heteroatoms. The Morgan fingerprint density at radius 1 is 1.06 bits per heavy atom. The summed E-state index contributed by atoms with van der Waals surface area (Å²) >= 11 is 0. The number of likely N-dealkylation sites (N-methyl/N-ethyl adjacent to an activating group) is 2. The first-order valence-corrected chi connectivity index (χ1v) is 6.30. The highest BCUT2D eigenvalue weighted by atomic mass is 15.2. The summed E-state index contributed by atoms with van der Waals surface area (Å²) < 4.78 is 0. The van der Waals surface area contributed by atoms with Crippen LogP contribution in [0.25, 0.3) is 0 Å². The molecule has 1 unspecified atom stereocenters. The number of benzene rings is 1. The normalized spacial score (nSPS) is 13.1. The van der Waals surface area contributed by atoms with Crippen molar-refractivity contribution in [3.63, 3.8) is 0 Å². The van der Waals surface area contributed by atoms with Crippen molar-refractivity contribution < 1.29 is 9.80 Å². The molecule has 0 amide bonds. The topological polar surface area (TPSA) is 8.88 Å². The van der Waals surface area contributed by atoms with E-state index in [1.165, 1.54) is 35.7 Å². The van der Waals surface area contributed by atoms with Gasteiger partial charge in [-0.2, -0.15) is 0 Å². The minimum Gasteiger partial charge on any atom is -0.335 e. The van der Waals surface area contributed by atoms with Crippen LogP contribution < -0.4 is 9.80 Å². The van der Waals surface area contributed by atoms with Crippen molar-refractivity contribution in [3.8, 4) is 0 Å². The maximum absolute atomic E-state index is 2.28. The smallest absolute Gasteiger partial charge is 0.127 e. The van der Waals surface area contributed by atoms with Gasteiger partial charge < -0.3 is 9.80 Å². The molecule has 0 fully saturated rings. The molecule has 2 N–H and O–H groups in total. The fraction of sp³-hybridized carbons (Fsp3) is 0.571. The standard InChI is InChI=1S/C14H24N2/c1-5-16(11-10-15(3)4)12-14-9-7-6-8-13(14)2/h6-9H,5,10-12H2,1-4H3/p+2. The van der Waals surface area contributed by atoms with E-state index in [2.05, 4.69) is 52.2 Å². The summed E-state index contributed by atoms with van der Waals surface area (Å²) in [5.74, 6) is 0. The number of aryl methyl sites for hydroxylation is 1. The van der Waals surface area contributed by atoms with Gasteiger partial charge in [0.05, 0.1) is 20.6 Å². The van der Waals surface area contributed by atoms with Gasteiger partial charge in [-0.15, -0.1) is 0 Å². The summed E-state index contributed by atoms with van der Waals surface area (Å²) in [5.41, 5.74) is 2.92. The number of nitrogens with one attached hydrogen (secondary N) is 2. The van der Waals surface area contributed by atoms with E-state index in [4.69, 9.17) is 0 Å². The number of hydrogen-bond acceptors (Lipinski definition) is 0. The van der Waals surface area contributed by atoms with E-state index in [0.29, 0.717) is 0 Å². The molecule has 0 heterocycles. The van der Waals surface area contributed by atoms with Gasteiger partial charge in [-0.05, 0) is 19.4 Å². The number of hydrogen-bond donors (Lipinski definition) is 2. The molecule has 1 aromatic carbocycles. The van der Waals surface area contributed by atoms with Crippen LogP contribution in [-0.2, 0) is 6.54 Å². The molecule has 90 valence electrons. The van der Waals surface area contributed by atoms with Crippen LogP contribution in [0, 0.1) is 6.92 Å². The van der Waals surface area contributed by atoms with Crippen LogP contribution in [0.2, 0.25) is 0 Å². The van der Waals surface area contributed by atoms with E-state index >= 15 is 0 Å². The quantitative estimate of drug-likeness (QED) is 0.645. The molecular weight excluding hydrogens is 196 g/mol. The molecule has 2 nitrogen and oxygen atoms in total. The molecule has 0 bridgehead atoms. The highest BCUT2D eigenvalue weighted by Gasteiger charge is 2.10. The monoisotopic (exact) mass is 222 g/mol. The van der Waals surface area contributed by atoms with Crippen LogP contribution >= 0.6 is 0 Å². The highest BCUT2D eigenvalue weighted by Crippen LogP contribution is 2.04. The molecule has 0 aromatic heterocycles. The second-order valence-corrected chi connectivity index (χ2v) is 4.91. The zero-order chi connectivity index (χ0) is 12.0. The van der Waals surface area contributed by atoms with E-state index in [1.54, 1.807) is 4.90 Å². The molecule has 0 aliphatic heterocycles. The van der Waals surface area contributed by atoms with E-state index < -0.39 is 0 Å². The van der Waals surface area contributed by atoms with Crippen LogP contribution in [0.1, 0.15) is 18.1 Å². The lowest BCUT2D eigenvalue weighted by molar-refractivity contribution is -0.949. The van der Waals surface area contributed by atoms with Gasteiger partial charge in [0, 0.05) is 5.56 Å². The minimum atomic E-state index is 1.16. The Balaban J connectivity index is 2.53. The first-order valence-electron chi connectivity index (χ1n) is 6.30. The fourth-order valence-corrected chi connectivity index (χ4v) is 1.89. The summed E-state index contributed by atoms with van der Waals surface area (Å²) in [6.07, 6.45) is 0. The fourth-order valence-electron chi connectivity index (χ4n) is 1.89. The number of quaternary nitrogens is 2. The average molecular weight is 222 g/mol. The second kappa shape index (κ2) is 6.66. The van der Waals surface area contributed by atoms with Crippen molar-refractivity contribution in [3.05, 3.63) is 35.4 Å². The van der Waals surface area contributed by atoms with Crippen LogP contribution in [0.4, 0.5) is 0 Å². The minimum absolute atomic E-state index is 1.16. The van der Waals surface area contributed by atoms with Gasteiger partial charge in [-0.3, -0.25) is 0 Å². The Morgan fingerprint density at radius 2 is 1.75 bits per heavy atom. The molecule has 0 saturated heterocycles. The SMILES string of the molecule is CC[NH+](CC[NH+](C)C)Cc1ccccc1C. The van der Waals surface area contributed by atoms with Gasteiger partial charge in [0.2, 0.25) is 0 Å². The maximum atomic E-state index is 2.28. The predicted octanol–water partition coefficient (Wildman–Crippen LogP) is -0.456. The molecular formula is C14H26N2+2. The van der Waals surface area contributed by atoms with Crippen LogP contribution in [0.5, 0.6) is 0 Å². The lowest BCUT2D eigenvalue weighted by Gasteiger charge is -2.19. The second-order valence-electron chi connectivity index (χ2n) is 4.91. The average Bonchev–Trinajstić information content (AvgIpc) is 2.26. The predicted molar refractivity (Wildman–Crippen MR) is 68.9 cm³/mol. The first kappa shape index (κ1) is 13.2. The Morgan fingerprint density at radius 3 is 2.31 bits per heavy atom. The van der Waals surface area contributed by atoms with E-state index in [1.807, 2.05) is 0 Å². The van der Waals surface area contributed by atoms with Crippen molar-refractivity contribution in [2.45, 2.75) is 20.4 Å². The van der Waals surface area contributed by atoms with Gasteiger partial charge in [0.15, 0.2) is 0 Å². The maximum Gasteiger partial charge on any atom is 0.127 e. The van der Waals surface area contributed by atoms with E-state index in [9.17, 15) is 0 Å². The molecule has 16 heavy (non-hydrogen) atoms. The van der Waals surface area contributed by atoms with Gasteiger partial charge in [-0.1, -0.05) is 24.3 Å². The lowest BCUT2D eigenvalue weighted by atomic mass is 10.1.